The Labute approximate surface area is 185 Å². The Morgan fingerprint density at radius 1 is 1.19 bits per heavy atom. The maximum absolute atomic E-state index is 13.1. The molecule has 0 aliphatic heterocycles. The van der Waals surface area contributed by atoms with E-state index in [-0.39, 0.29) is 5.91 Å². The predicted octanol–water partition coefficient (Wildman–Crippen LogP) is 3.57. The molecule has 3 aromatic rings. The van der Waals surface area contributed by atoms with Crippen molar-refractivity contribution in [1.29, 1.82) is 0 Å². The molecule has 2 aromatic heterocycles. The summed E-state index contributed by atoms with van der Waals surface area (Å²) in [5.74, 6) is -0.242. The van der Waals surface area contributed by atoms with E-state index in [0.29, 0.717) is 11.3 Å². The molecule has 164 valence electrons. The number of carbonyl (C=O) groups is 2. The summed E-state index contributed by atoms with van der Waals surface area (Å²) in [4.78, 5) is 25.2. The smallest absolute Gasteiger partial charge is 0.404 e. The summed E-state index contributed by atoms with van der Waals surface area (Å²) in [6.45, 7) is 5.86. The number of carboxylic acid groups (broad SMARTS) is 1. The number of aryl methyl sites for hydroxylation is 1. The SMILES string of the molecule is Cn1nncc1-c1csc(C(=O)N[C@@H](Cc2ccccc2)C(NC(=O)O)C(C)(C)C)c1. The fourth-order valence-corrected chi connectivity index (χ4v) is 4.36. The molecular formula is C22H27N5O3S. The first-order chi connectivity index (χ1) is 14.6. The molecule has 0 aliphatic rings. The maximum Gasteiger partial charge on any atom is 0.404 e. The summed E-state index contributed by atoms with van der Waals surface area (Å²) in [6.07, 6.45) is 1.03. The van der Waals surface area contributed by atoms with Crippen molar-refractivity contribution in [2.75, 3.05) is 0 Å². The van der Waals surface area contributed by atoms with Crippen molar-refractivity contribution in [3.8, 4) is 11.3 Å². The van der Waals surface area contributed by atoms with Gasteiger partial charge in [0.15, 0.2) is 0 Å². The molecule has 2 amide bonds. The lowest BCUT2D eigenvalue weighted by molar-refractivity contribution is 0.0905. The van der Waals surface area contributed by atoms with Crippen molar-refractivity contribution in [1.82, 2.24) is 25.6 Å². The van der Waals surface area contributed by atoms with Crippen LogP contribution in [-0.4, -0.2) is 44.2 Å². The van der Waals surface area contributed by atoms with Crippen molar-refractivity contribution < 1.29 is 14.7 Å². The van der Waals surface area contributed by atoms with Crippen LogP contribution in [0, 0.1) is 5.41 Å². The van der Waals surface area contributed by atoms with Crippen molar-refractivity contribution in [2.45, 2.75) is 39.3 Å². The van der Waals surface area contributed by atoms with E-state index < -0.39 is 23.6 Å². The molecule has 2 atom stereocenters. The Morgan fingerprint density at radius 3 is 2.48 bits per heavy atom. The van der Waals surface area contributed by atoms with Crippen LogP contribution in [0.5, 0.6) is 0 Å². The summed E-state index contributed by atoms with van der Waals surface area (Å²) in [5, 5.41) is 24.8. The van der Waals surface area contributed by atoms with Crippen LogP contribution in [0.1, 0.15) is 36.0 Å². The number of rotatable bonds is 7. The number of hydrogen-bond acceptors (Lipinski definition) is 5. The molecule has 0 saturated heterocycles. The second-order valence-electron chi connectivity index (χ2n) is 8.51. The number of benzene rings is 1. The highest BCUT2D eigenvalue weighted by molar-refractivity contribution is 7.12. The van der Waals surface area contributed by atoms with Gasteiger partial charge in [-0.05, 0) is 23.5 Å². The van der Waals surface area contributed by atoms with Crippen molar-refractivity contribution in [3.05, 3.63) is 58.4 Å². The summed E-state index contributed by atoms with van der Waals surface area (Å²) in [5.41, 5.74) is 2.28. The Morgan fingerprint density at radius 2 is 1.90 bits per heavy atom. The van der Waals surface area contributed by atoms with E-state index >= 15 is 0 Å². The number of amides is 2. The first-order valence-electron chi connectivity index (χ1n) is 9.93. The molecule has 0 radical (unpaired) electrons. The fourth-order valence-electron chi connectivity index (χ4n) is 3.55. The molecular weight excluding hydrogens is 414 g/mol. The van der Waals surface area contributed by atoms with Gasteiger partial charge in [0.05, 0.1) is 28.9 Å². The van der Waals surface area contributed by atoms with E-state index in [1.54, 1.807) is 24.0 Å². The summed E-state index contributed by atoms with van der Waals surface area (Å²) < 4.78 is 1.65. The number of nitrogens with zero attached hydrogens (tertiary/aromatic N) is 3. The van der Waals surface area contributed by atoms with Crippen molar-refractivity contribution in [2.24, 2.45) is 12.5 Å². The molecule has 0 spiro atoms. The number of hydrogen-bond donors (Lipinski definition) is 3. The van der Waals surface area contributed by atoms with E-state index in [0.717, 1.165) is 16.8 Å². The van der Waals surface area contributed by atoms with Crippen LogP contribution in [0.2, 0.25) is 0 Å². The largest absolute Gasteiger partial charge is 0.465 e. The van der Waals surface area contributed by atoms with E-state index in [4.69, 9.17) is 0 Å². The summed E-state index contributed by atoms with van der Waals surface area (Å²) >= 11 is 1.33. The van der Waals surface area contributed by atoms with Crippen LogP contribution >= 0.6 is 11.3 Å². The third kappa shape index (κ3) is 5.69. The number of carbonyl (C=O) groups excluding carboxylic acids is 1. The lowest BCUT2D eigenvalue weighted by Gasteiger charge is -2.37. The topological polar surface area (TPSA) is 109 Å². The summed E-state index contributed by atoms with van der Waals surface area (Å²) in [7, 11) is 1.79. The molecule has 8 nitrogen and oxygen atoms in total. The van der Waals surface area contributed by atoms with Gasteiger partial charge in [0.25, 0.3) is 5.91 Å². The summed E-state index contributed by atoms with van der Waals surface area (Å²) in [6, 6.07) is 10.6. The van der Waals surface area contributed by atoms with Crippen LogP contribution in [0.25, 0.3) is 11.3 Å². The van der Waals surface area contributed by atoms with E-state index in [9.17, 15) is 14.7 Å². The first kappa shape index (κ1) is 22.5. The minimum Gasteiger partial charge on any atom is -0.465 e. The van der Waals surface area contributed by atoms with E-state index in [1.165, 1.54) is 11.3 Å². The maximum atomic E-state index is 13.1. The van der Waals surface area contributed by atoms with Gasteiger partial charge in [-0.25, -0.2) is 9.48 Å². The van der Waals surface area contributed by atoms with E-state index in [1.807, 2.05) is 56.5 Å². The minimum atomic E-state index is -1.12. The second-order valence-corrected chi connectivity index (χ2v) is 9.42. The minimum absolute atomic E-state index is 0.242. The average molecular weight is 442 g/mol. The monoisotopic (exact) mass is 441 g/mol. The number of thiophene rings is 1. The highest BCUT2D eigenvalue weighted by Gasteiger charge is 2.35. The normalized spacial score (nSPS) is 13.4. The molecule has 0 fully saturated rings. The Balaban J connectivity index is 1.86. The Bertz CT molecular complexity index is 1040. The predicted molar refractivity (Wildman–Crippen MR) is 120 cm³/mol. The molecule has 0 aliphatic carbocycles. The molecule has 9 heteroatoms. The quantitative estimate of drug-likeness (QED) is 0.519. The molecule has 2 heterocycles. The van der Waals surface area contributed by atoms with Gasteiger partial charge < -0.3 is 15.7 Å². The third-order valence-electron chi connectivity index (χ3n) is 5.06. The second kappa shape index (κ2) is 9.30. The van der Waals surface area contributed by atoms with Gasteiger partial charge in [-0.1, -0.05) is 56.3 Å². The Hall–Kier alpha value is -3.20. The highest BCUT2D eigenvalue weighted by atomic mass is 32.1. The zero-order valence-corrected chi connectivity index (χ0v) is 18.8. The zero-order chi connectivity index (χ0) is 22.6. The van der Waals surface area contributed by atoms with Crippen LogP contribution < -0.4 is 10.6 Å². The van der Waals surface area contributed by atoms with Gasteiger partial charge in [-0.2, -0.15) is 0 Å². The van der Waals surface area contributed by atoms with Gasteiger partial charge in [0.1, 0.15) is 0 Å². The first-order valence-corrected chi connectivity index (χ1v) is 10.8. The van der Waals surface area contributed by atoms with Crippen LogP contribution in [0.4, 0.5) is 4.79 Å². The average Bonchev–Trinajstić information content (AvgIpc) is 3.34. The molecule has 3 rings (SSSR count). The molecule has 31 heavy (non-hydrogen) atoms. The van der Waals surface area contributed by atoms with E-state index in [2.05, 4.69) is 20.9 Å². The number of aromatic nitrogens is 3. The highest BCUT2D eigenvalue weighted by Crippen LogP contribution is 2.27. The Kier molecular flexibility index (Phi) is 6.74. The zero-order valence-electron chi connectivity index (χ0n) is 18.0. The fraction of sp³-hybridized carbons (Fsp3) is 0.364. The number of nitrogens with one attached hydrogen (secondary N) is 2. The third-order valence-corrected chi connectivity index (χ3v) is 5.99. The van der Waals surface area contributed by atoms with Crippen LogP contribution in [0.3, 0.4) is 0 Å². The van der Waals surface area contributed by atoms with Crippen molar-refractivity contribution >= 4 is 23.3 Å². The molecule has 0 bridgehead atoms. The van der Waals surface area contributed by atoms with Crippen molar-refractivity contribution in [3.63, 3.8) is 0 Å². The van der Waals surface area contributed by atoms with Gasteiger partial charge in [-0.15, -0.1) is 16.4 Å². The van der Waals surface area contributed by atoms with Gasteiger partial charge >= 0.3 is 6.09 Å². The van der Waals surface area contributed by atoms with Gasteiger partial charge in [-0.3, -0.25) is 4.79 Å². The lowest BCUT2D eigenvalue weighted by atomic mass is 9.80. The van der Waals surface area contributed by atoms with Gasteiger partial charge in [0.2, 0.25) is 0 Å². The van der Waals surface area contributed by atoms with Gasteiger partial charge in [0, 0.05) is 18.0 Å². The molecule has 3 N–H and O–H groups in total. The van der Waals surface area contributed by atoms with Crippen LogP contribution in [-0.2, 0) is 13.5 Å². The molecule has 0 saturated carbocycles. The molecule has 1 unspecified atom stereocenters. The van der Waals surface area contributed by atoms with Crippen LogP contribution in [0.15, 0.2) is 48.0 Å². The molecule has 1 aromatic carbocycles. The lowest BCUT2D eigenvalue weighted by Crippen LogP contribution is -2.58. The standard InChI is InChI=1S/C22H27N5O3S/c1-22(2,3)19(25-21(29)30)16(10-14-8-6-5-7-9-14)24-20(28)18-11-15(13-31-18)17-12-23-26-27(17)4/h5-9,11-13,16,19,25H,10H2,1-4H3,(H,24,28)(H,29,30)/t16-,19?/m0/s1.